The molecule has 0 aliphatic heterocycles. The number of nitrogens with zero attached hydrogens (tertiary/aromatic N) is 2. The number of anilines is 1. The van der Waals surface area contributed by atoms with Crippen molar-refractivity contribution in [3.05, 3.63) is 102 Å². The number of hydrogen-bond acceptors (Lipinski definition) is 3. The van der Waals surface area contributed by atoms with Gasteiger partial charge in [-0.25, -0.2) is 4.98 Å². The minimum Gasteiger partial charge on any atom is -0.496 e. The molecule has 42 heavy (non-hydrogen) atoms. The number of aromatic nitrogens is 2. The van der Waals surface area contributed by atoms with Crippen molar-refractivity contribution in [1.82, 2.24) is 9.55 Å². The van der Waals surface area contributed by atoms with Crippen molar-refractivity contribution >= 4 is 16.7 Å². The van der Waals surface area contributed by atoms with E-state index >= 15 is 0 Å². The SMILES string of the molecule is C=C/C(=C(/Nc1cc(C)cc2c1nc(-c1ccccc1-c1cccc(C(C)(C)C)c1OC)n2C)C(=C)C(C)C)C(C)C. The molecular formula is C38H47N3O. The quantitative estimate of drug-likeness (QED) is 0.207. The minimum atomic E-state index is -0.0577. The Hall–Kier alpha value is -4.05. The lowest BCUT2D eigenvalue weighted by Crippen LogP contribution is -2.13. The Bertz CT molecular complexity index is 1670. The number of allylic oxidation sites excluding steroid dienone is 3. The van der Waals surface area contributed by atoms with Gasteiger partial charge in [-0.05, 0) is 58.6 Å². The Morgan fingerprint density at radius 2 is 1.60 bits per heavy atom. The zero-order valence-corrected chi connectivity index (χ0v) is 27.1. The normalized spacial score (nSPS) is 12.6. The fourth-order valence-corrected chi connectivity index (χ4v) is 5.62. The molecule has 0 unspecified atom stereocenters. The van der Waals surface area contributed by atoms with E-state index in [0.717, 1.165) is 67.4 Å². The number of rotatable bonds is 9. The molecule has 0 spiro atoms. The van der Waals surface area contributed by atoms with Crippen LogP contribution in [0.5, 0.6) is 5.75 Å². The average Bonchev–Trinajstić information content (AvgIpc) is 3.27. The van der Waals surface area contributed by atoms with Gasteiger partial charge in [-0.2, -0.15) is 0 Å². The van der Waals surface area contributed by atoms with Gasteiger partial charge >= 0.3 is 0 Å². The Morgan fingerprint density at radius 3 is 2.17 bits per heavy atom. The summed E-state index contributed by atoms with van der Waals surface area (Å²) < 4.78 is 8.25. The van der Waals surface area contributed by atoms with Crippen LogP contribution in [0, 0.1) is 18.8 Å². The van der Waals surface area contributed by atoms with E-state index in [9.17, 15) is 0 Å². The summed E-state index contributed by atoms with van der Waals surface area (Å²) in [5.41, 5.74) is 11.7. The van der Waals surface area contributed by atoms with E-state index in [-0.39, 0.29) is 11.3 Å². The summed E-state index contributed by atoms with van der Waals surface area (Å²) in [6.07, 6.45) is 1.95. The molecule has 4 heteroatoms. The van der Waals surface area contributed by atoms with Gasteiger partial charge in [0.25, 0.3) is 0 Å². The molecule has 0 saturated heterocycles. The van der Waals surface area contributed by atoms with Crippen LogP contribution in [0.4, 0.5) is 5.69 Å². The molecule has 0 saturated carbocycles. The maximum absolute atomic E-state index is 6.05. The number of benzene rings is 3. The first kappa shape index (κ1) is 30.9. The summed E-state index contributed by atoms with van der Waals surface area (Å²) in [5, 5.41) is 3.77. The number of imidazole rings is 1. The number of hydrogen-bond donors (Lipinski definition) is 1. The second-order valence-electron chi connectivity index (χ2n) is 12.9. The van der Waals surface area contributed by atoms with Crippen molar-refractivity contribution in [3.63, 3.8) is 0 Å². The van der Waals surface area contributed by atoms with Gasteiger partial charge in [-0.3, -0.25) is 0 Å². The molecule has 1 aromatic heterocycles. The molecule has 0 amide bonds. The topological polar surface area (TPSA) is 39.1 Å². The van der Waals surface area contributed by atoms with Gasteiger partial charge in [0, 0.05) is 29.4 Å². The lowest BCUT2D eigenvalue weighted by molar-refractivity contribution is 0.399. The molecule has 0 radical (unpaired) electrons. The number of para-hydroxylation sites is 1. The van der Waals surface area contributed by atoms with Gasteiger partial charge in [0.1, 0.15) is 17.1 Å². The van der Waals surface area contributed by atoms with Gasteiger partial charge in [-0.1, -0.05) is 110 Å². The third-order valence-corrected chi connectivity index (χ3v) is 8.02. The minimum absolute atomic E-state index is 0.0577. The predicted octanol–water partition coefficient (Wildman–Crippen LogP) is 10.2. The molecule has 0 aliphatic carbocycles. The Labute approximate surface area is 252 Å². The molecule has 4 nitrogen and oxygen atoms in total. The number of nitrogens with one attached hydrogen (secondary N) is 1. The zero-order chi connectivity index (χ0) is 30.9. The second kappa shape index (κ2) is 12.1. The highest BCUT2D eigenvalue weighted by Crippen LogP contribution is 2.43. The lowest BCUT2D eigenvalue weighted by atomic mass is 9.83. The van der Waals surface area contributed by atoms with Gasteiger partial charge < -0.3 is 14.6 Å². The van der Waals surface area contributed by atoms with Crippen LogP contribution in [-0.4, -0.2) is 16.7 Å². The van der Waals surface area contributed by atoms with Crippen LogP contribution in [0.3, 0.4) is 0 Å². The van der Waals surface area contributed by atoms with Crippen LogP contribution in [0.25, 0.3) is 33.5 Å². The van der Waals surface area contributed by atoms with Crippen LogP contribution in [0.15, 0.2) is 90.7 Å². The summed E-state index contributed by atoms with van der Waals surface area (Å²) in [4.78, 5) is 5.31. The first-order valence-electron chi connectivity index (χ1n) is 14.9. The van der Waals surface area contributed by atoms with Gasteiger partial charge in [0.2, 0.25) is 0 Å². The average molecular weight is 562 g/mol. The van der Waals surface area contributed by atoms with E-state index in [1.54, 1.807) is 7.11 Å². The van der Waals surface area contributed by atoms with Crippen LogP contribution < -0.4 is 10.1 Å². The largest absolute Gasteiger partial charge is 0.496 e. The third kappa shape index (κ3) is 5.81. The molecule has 0 fully saturated rings. The van der Waals surface area contributed by atoms with Gasteiger partial charge in [0.05, 0.1) is 18.3 Å². The maximum atomic E-state index is 6.05. The van der Waals surface area contributed by atoms with E-state index in [4.69, 9.17) is 9.72 Å². The highest BCUT2D eigenvalue weighted by molar-refractivity contribution is 5.95. The van der Waals surface area contributed by atoms with Crippen molar-refractivity contribution in [2.75, 3.05) is 12.4 Å². The molecule has 220 valence electrons. The van der Waals surface area contributed by atoms with Gasteiger partial charge in [0.15, 0.2) is 0 Å². The van der Waals surface area contributed by atoms with E-state index in [0.29, 0.717) is 5.92 Å². The zero-order valence-electron chi connectivity index (χ0n) is 27.1. The van der Waals surface area contributed by atoms with Crippen molar-refractivity contribution in [2.45, 2.75) is 60.8 Å². The number of methoxy groups -OCH3 is 1. The van der Waals surface area contributed by atoms with Crippen LogP contribution in [-0.2, 0) is 12.5 Å². The summed E-state index contributed by atoms with van der Waals surface area (Å²) in [6, 6.07) is 19.3. The Kier molecular flexibility index (Phi) is 8.87. The second-order valence-corrected chi connectivity index (χ2v) is 12.9. The Balaban J connectivity index is 1.97. The standard InChI is InChI=1S/C38H47N3O/c1-13-27(24(4)5)34(26(7)23(2)3)39-32-21-25(6)22-33-35(32)40-37(41(33)11)30-18-15-14-17-28(30)29-19-16-20-31(36(29)42-12)38(8,9)10/h13-24,39H,1,7H2,2-6,8-12H3/b34-27-. The van der Waals surface area contributed by atoms with E-state index in [1.807, 2.05) is 6.08 Å². The lowest BCUT2D eigenvalue weighted by Gasteiger charge is -2.24. The first-order valence-corrected chi connectivity index (χ1v) is 14.9. The molecular weight excluding hydrogens is 514 g/mol. The van der Waals surface area contributed by atoms with Crippen LogP contribution in [0.2, 0.25) is 0 Å². The van der Waals surface area contributed by atoms with Gasteiger partial charge in [-0.15, -0.1) is 0 Å². The van der Waals surface area contributed by atoms with Crippen LogP contribution >= 0.6 is 0 Å². The highest BCUT2D eigenvalue weighted by atomic mass is 16.5. The van der Waals surface area contributed by atoms with E-state index in [1.165, 1.54) is 5.56 Å². The Morgan fingerprint density at radius 1 is 0.952 bits per heavy atom. The fourth-order valence-electron chi connectivity index (χ4n) is 5.62. The van der Waals surface area contributed by atoms with Crippen molar-refractivity contribution in [1.29, 1.82) is 0 Å². The number of ether oxygens (including phenoxy) is 1. The van der Waals surface area contributed by atoms with Crippen molar-refractivity contribution < 1.29 is 4.74 Å². The fraction of sp³-hybridized carbons (Fsp3) is 0.342. The summed E-state index contributed by atoms with van der Waals surface area (Å²) >= 11 is 0. The summed E-state index contributed by atoms with van der Waals surface area (Å²) in [5.74, 6) is 2.39. The summed E-state index contributed by atoms with van der Waals surface area (Å²) in [6.45, 7) is 26.1. The van der Waals surface area contributed by atoms with Crippen LogP contribution in [0.1, 0.15) is 59.6 Å². The van der Waals surface area contributed by atoms with Crippen molar-refractivity contribution in [2.24, 2.45) is 18.9 Å². The van der Waals surface area contributed by atoms with Crippen molar-refractivity contribution in [3.8, 4) is 28.3 Å². The third-order valence-electron chi connectivity index (χ3n) is 8.02. The monoisotopic (exact) mass is 561 g/mol. The van der Waals surface area contributed by atoms with E-state index < -0.39 is 0 Å². The molecule has 1 heterocycles. The highest BCUT2D eigenvalue weighted by Gasteiger charge is 2.24. The number of aryl methyl sites for hydroxylation is 2. The van der Waals surface area contributed by atoms with E-state index in [2.05, 4.69) is 140 Å². The first-order chi connectivity index (χ1) is 19.8. The molecule has 0 aliphatic rings. The summed E-state index contributed by atoms with van der Waals surface area (Å²) in [7, 11) is 3.86. The predicted molar refractivity (Wildman–Crippen MR) is 181 cm³/mol. The molecule has 4 aromatic rings. The number of fused-ring (bicyclic) bond motifs is 1. The molecule has 0 atom stereocenters. The smallest absolute Gasteiger partial charge is 0.141 e. The maximum Gasteiger partial charge on any atom is 0.141 e. The molecule has 3 aromatic carbocycles. The molecule has 0 bridgehead atoms. The molecule has 4 rings (SSSR count). The molecule has 1 N–H and O–H groups in total.